The lowest BCUT2D eigenvalue weighted by molar-refractivity contribution is -0.159. The summed E-state index contributed by atoms with van der Waals surface area (Å²) in [6.45, 7) is 20.2. The minimum atomic E-state index is -0.984. The van der Waals surface area contributed by atoms with Crippen molar-refractivity contribution in [3.8, 4) is 0 Å². The third-order valence-corrected chi connectivity index (χ3v) is 5.75. The van der Waals surface area contributed by atoms with Crippen LogP contribution in [0.4, 0.5) is 14.4 Å². The Morgan fingerprint density at radius 2 is 0.980 bits per heavy atom. The molecule has 2 aromatic carbocycles. The Morgan fingerprint density at radius 1 is 0.592 bits per heavy atom. The number of amides is 1. The van der Waals surface area contributed by atoms with Crippen molar-refractivity contribution < 1.29 is 47.7 Å². The molecule has 11 nitrogen and oxygen atoms in total. The number of nitrogens with zero attached hydrogens (tertiary/aromatic N) is 1. The number of benzene rings is 2. The van der Waals surface area contributed by atoms with Crippen LogP contribution in [0.1, 0.15) is 94.2 Å². The number of alkyl halides is 1. The van der Waals surface area contributed by atoms with Gasteiger partial charge in [0.15, 0.2) is 6.61 Å². The number of rotatable bonds is 5. The van der Waals surface area contributed by atoms with Gasteiger partial charge >= 0.3 is 24.4 Å². The van der Waals surface area contributed by atoms with Crippen molar-refractivity contribution in [2.45, 2.75) is 117 Å². The van der Waals surface area contributed by atoms with Gasteiger partial charge in [0.1, 0.15) is 22.4 Å². The second-order valence-corrected chi connectivity index (χ2v) is 15.7. The standard InChI is InChI=1S/C17H24ClNO5.C11H20O5.C7H6BrCl/c1-16(2,3)22-14(20)19(24-15(21)23-17(4,5)6)11-12-7-9-13(18)10-8-12;1-10(2,3)15-8(12)7-14-9(13)16-11(4,5)6;8-5-6-1-3-7(9)4-2-6/h7-10H,11H2,1-6H3;7H2,1-6H3;1-4H,5H2. The van der Waals surface area contributed by atoms with Crippen LogP contribution in [0.3, 0.4) is 0 Å². The first-order valence-electron chi connectivity index (χ1n) is 15.2. The molecule has 49 heavy (non-hydrogen) atoms. The zero-order valence-electron chi connectivity index (χ0n) is 30.4. The van der Waals surface area contributed by atoms with Crippen LogP contribution >= 0.6 is 39.1 Å². The first-order valence-corrected chi connectivity index (χ1v) is 17.1. The summed E-state index contributed by atoms with van der Waals surface area (Å²) < 4.78 is 24.7. The van der Waals surface area contributed by atoms with Crippen molar-refractivity contribution in [2.75, 3.05) is 6.61 Å². The molecule has 2 rings (SSSR count). The molecule has 0 radical (unpaired) electrons. The SMILES string of the molecule is CC(C)(C)OC(=O)COC(=O)OC(C)(C)C.CC(C)(C)OC(=O)ON(Cc1ccc(Cl)cc1)C(=O)OC(C)(C)C.Clc1ccc(CBr)cc1. The molecule has 0 aliphatic rings. The first kappa shape index (κ1) is 45.8. The van der Waals surface area contributed by atoms with Gasteiger partial charge in [0.25, 0.3) is 0 Å². The fraction of sp³-hybridized carbons (Fsp3) is 0.543. The van der Waals surface area contributed by atoms with Crippen molar-refractivity contribution in [3.63, 3.8) is 0 Å². The highest BCUT2D eigenvalue weighted by Crippen LogP contribution is 2.17. The summed E-state index contributed by atoms with van der Waals surface area (Å²) in [6, 6.07) is 14.6. The average molecular weight is 796 g/mol. The second kappa shape index (κ2) is 20.5. The number of ether oxygens (including phenoxy) is 5. The zero-order valence-corrected chi connectivity index (χ0v) is 33.5. The Hall–Kier alpha value is -3.22. The molecule has 0 saturated carbocycles. The van der Waals surface area contributed by atoms with Crippen LogP contribution in [0, 0.1) is 0 Å². The molecule has 0 saturated heterocycles. The van der Waals surface area contributed by atoms with Gasteiger partial charge in [-0.2, -0.15) is 0 Å². The Kier molecular flexibility index (Phi) is 19.1. The summed E-state index contributed by atoms with van der Waals surface area (Å²) in [6.07, 6.45) is -2.65. The molecule has 0 atom stereocenters. The molecule has 0 spiro atoms. The molecule has 0 aliphatic heterocycles. The van der Waals surface area contributed by atoms with Crippen LogP contribution < -0.4 is 0 Å². The van der Waals surface area contributed by atoms with Gasteiger partial charge in [-0.15, -0.1) is 5.06 Å². The number of carbonyl (C=O) groups excluding carboxylic acids is 4. The minimum absolute atomic E-state index is 0.00528. The van der Waals surface area contributed by atoms with E-state index in [0.29, 0.717) is 10.6 Å². The van der Waals surface area contributed by atoms with Crippen LogP contribution in [0.5, 0.6) is 0 Å². The number of hydrogen-bond donors (Lipinski definition) is 0. The van der Waals surface area contributed by atoms with E-state index < -0.39 is 53.4 Å². The molecule has 0 bridgehead atoms. The predicted molar refractivity (Wildman–Crippen MR) is 193 cm³/mol. The Morgan fingerprint density at radius 3 is 1.37 bits per heavy atom. The van der Waals surface area contributed by atoms with Gasteiger partial charge in [-0.05, 0) is 118 Å². The van der Waals surface area contributed by atoms with Crippen LogP contribution in [-0.2, 0) is 45.2 Å². The van der Waals surface area contributed by atoms with Crippen LogP contribution in [0.15, 0.2) is 48.5 Å². The van der Waals surface area contributed by atoms with Gasteiger partial charge < -0.3 is 23.7 Å². The zero-order chi connectivity index (χ0) is 38.2. The van der Waals surface area contributed by atoms with E-state index in [1.54, 1.807) is 107 Å². The molecule has 14 heteroatoms. The molecule has 2 aromatic rings. The van der Waals surface area contributed by atoms with Crippen molar-refractivity contribution in [3.05, 3.63) is 69.7 Å². The van der Waals surface area contributed by atoms with E-state index in [2.05, 4.69) is 20.7 Å². The molecule has 0 fully saturated rings. The summed E-state index contributed by atoms with van der Waals surface area (Å²) in [4.78, 5) is 51.4. The quantitative estimate of drug-likeness (QED) is 0.125. The largest absolute Gasteiger partial charge is 0.534 e. The number of halogens is 3. The molecule has 0 aliphatic carbocycles. The topological polar surface area (TPSA) is 127 Å². The van der Waals surface area contributed by atoms with Gasteiger partial charge in [0.05, 0.1) is 6.54 Å². The van der Waals surface area contributed by atoms with E-state index >= 15 is 0 Å². The average Bonchev–Trinajstić information content (AvgIpc) is 2.90. The normalized spacial score (nSPS) is 11.3. The molecular weight excluding hydrogens is 745 g/mol. The summed E-state index contributed by atoms with van der Waals surface area (Å²) in [5, 5.41) is 3.07. The Bertz CT molecular complexity index is 1300. The second-order valence-electron chi connectivity index (χ2n) is 14.3. The lowest BCUT2D eigenvalue weighted by Crippen LogP contribution is -2.39. The number of carbonyl (C=O) groups is 4. The van der Waals surface area contributed by atoms with Crippen molar-refractivity contribution in [1.82, 2.24) is 5.06 Å². The maximum atomic E-state index is 12.3. The molecule has 0 heterocycles. The third-order valence-electron chi connectivity index (χ3n) is 4.60. The monoisotopic (exact) mass is 793 g/mol. The Balaban J connectivity index is 0.000000787. The molecule has 0 aromatic heterocycles. The van der Waals surface area contributed by atoms with Gasteiger partial charge in [-0.3, -0.25) is 4.84 Å². The van der Waals surface area contributed by atoms with Gasteiger partial charge in [-0.25, -0.2) is 19.2 Å². The smallest absolute Gasteiger partial charge is 0.457 e. The summed E-state index contributed by atoms with van der Waals surface area (Å²) in [5.74, 6) is -0.599. The van der Waals surface area contributed by atoms with Crippen molar-refractivity contribution >= 4 is 63.5 Å². The summed E-state index contributed by atoms with van der Waals surface area (Å²) in [7, 11) is 0. The fourth-order valence-electron chi connectivity index (χ4n) is 2.90. The highest BCUT2D eigenvalue weighted by Gasteiger charge is 2.28. The fourth-order valence-corrected chi connectivity index (χ4v) is 3.53. The van der Waals surface area contributed by atoms with Crippen LogP contribution in [-0.4, -0.2) is 58.4 Å². The van der Waals surface area contributed by atoms with Gasteiger partial charge in [0.2, 0.25) is 0 Å². The lowest BCUT2D eigenvalue weighted by atomic mass is 10.2. The maximum Gasteiger partial charge on any atom is 0.534 e. The van der Waals surface area contributed by atoms with E-state index in [4.69, 9.17) is 47.0 Å². The minimum Gasteiger partial charge on any atom is -0.457 e. The highest BCUT2D eigenvalue weighted by molar-refractivity contribution is 9.08. The lowest BCUT2D eigenvalue weighted by Gasteiger charge is -2.27. The number of esters is 1. The van der Waals surface area contributed by atoms with Crippen LogP contribution in [0.25, 0.3) is 0 Å². The van der Waals surface area contributed by atoms with Crippen LogP contribution in [0.2, 0.25) is 10.0 Å². The van der Waals surface area contributed by atoms with E-state index in [-0.39, 0.29) is 6.54 Å². The molecule has 276 valence electrons. The maximum absolute atomic E-state index is 12.3. The van der Waals surface area contributed by atoms with Crippen molar-refractivity contribution in [1.29, 1.82) is 0 Å². The third kappa shape index (κ3) is 26.3. The first-order chi connectivity index (χ1) is 22.2. The van der Waals surface area contributed by atoms with Crippen molar-refractivity contribution in [2.24, 2.45) is 0 Å². The van der Waals surface area contributed by atoms with Gasteiger partial charge in [-0.1, -0.05) is 63.4 Å². The molecule has 1 amide bonds. The van der Waals surface area contributed by atoms with E-state index in [0.717, 1.165) is 15.4 Å². The van der Waals surface area contributed by atoms with E-state index in [1.807, 2.05) is 24.3 Å². The molecule has 0 N–H and O–H groups in total. The number of hydroxylamine groups is 2. The Labute approximate surface area is 308 Å². The van der Waals surface area contributed by atoms with E-state index in [1.165, 1.54) is 5.56 Å². The predicted octanol–water partition coefficient (Wildman–Crippen LogP) is 10.5. The molecule has 0 unspecified atom stereocenters. The summed E-state index contributed by atoms with van der Waals surface area (Å²) in [5.41, 5.74) is -0.726. The number of hydrogen-bond acceptors (Lipinski definition) is 10. The van der Waals surface area contributed by atoms with E-state index in [9.17, 15) is 19.2 Å². The highest BCUT2D eigenvalue weighted by atomic mass is 79.9. The van der Waals surface area contributed by atoms with Gasteiger partial charge in [0, 0.05) is 15.4 Å². The molecular formula is C35H50BrCl2NO10. The summed E-state index contributed by atoms with van der Waals surface area (Å²) >= 11 is 14.8.